The molecule has 0 aliphatic carbocycles. The number of Topliss-reactive ketones (excluding diaryl/α,β-unsaturated/α-hetero) is 1. The SMILES string of the molecule is COc1cccc(OC)c1/C(O)=C1\C(=O)C(=O)N(c2cccc3ccccc23)C1c1cccs1. The first kappa shape index (κ1) is 21.7. The van der Waals surface area contributed by atoms with Gasteiger partial charge >= 0.3 is 0 Å². The summed E-state index contributed by atoms with van der Waals surface area (Å²) in [4.78, 5) is 29.2. The Hall–Kier alpha value is -4.10. The number of hydrogen-bond acceptors (Lipinski definition) is 6. The second kappa shape index (κ2) is 8.68. The van der Waals surface area contributed by atoms with Crippen LogP contribution in [0.2, 0.25) is 0 Å². The Balaban J connectivity index is 1.80. The van der Waals surface area contributed by atoms with Crippen LogP contribution in [0.25, 0.3) is 16.5 Å². The highest BCUT2D eigenvalue weighted by Crippen LogP contribution is 2.47. The third-order valence-electron chi connectivity index (χ3n) is 5.95. The summed E-state index contributed by atoms with van der Waals surface area (Å²) in [5, 5.41) is 15.2. The van der Waals surface area contributed by atoms with Gasteiger partial charge in [-0.25, -0.2) is 0 Å². The Morgan fingerprint density at radius 2 is 1.56 bits per heavy atom. The van der Waals surface area contributed by atoms with Crippen LogP contribution in [-0.2, 0) is 9.59 Å². The predicted octanol–water partition coefficient (Wildman–Crippen LogP) is 5.54. The van der Waals surface area contributed by atoms with Gasteiger partial charge in [0.2, 0.25) is 0 Å². The van der Waals surface area contributed by atoms with E-state index in [9.17, 15) is 14.7 Å². The van der Waals surface area contributed by atoms with Crippen LogP contribution < -0.4 is 14.4 Å². The molecule has 1 unspecified atom stereocenters. The number of hydrogen-bond donors (Lipinski definition) is 1. The van der Waals surface area contributed by atoms with Crippen molar-refractivity contribution >= 4 is 45.2 Å². The molecule has 4 aromatic rings. The topological polar surface area (TPSA) is 76.1 Å². The quantitative estimate of drug-likeness (QED) is 0.235. The molecular weight excluding hydrogens is 450 g/mol. The molecule has 0 saturated carbocycles. The number of amides is 1. The van der Waals surface area contributed by atoms with Crippen molar-refractivity contribution in [3.63, 3.8) is 0 Å². The van der Waals surface area contributed by atoms with Crippen LogP contribution in [-0.4, -0.2) is 31.0 Å². The third kappa shape index (κ3) is 3.33. The van der Waals surface area contributed by atoms with Crippen molar-refractivity contribution in [2.75, 3.05) is 19.1 Å². The molecule has 3 aromatic carbocycles. The lowest BCUT2D eigenvalue weighted by Gasteiger charge is -2.25. The minimum atomic E-state index is -0.805. The number of aliphatic hydroxyl groups excluding tert-OH is 1. The Bertz CT molecular complexity index is 1410. The van der Waals surface area contributed by atoms with E-state index in [4.69, 9.17) is 9.47 Å². The molecule has 170 valence electrons. The lowest BCUT2D eigenvalue weighted by Crippen LogP contribution is -2.29. The number of methoxy groups -OCH3 is 2. The lowest BCUT2D eigenvalue weighted by molar-refractivity contribution is -0.132. The van der Waals surface area contributed by atoms with Crippen molar-refractivity contribution in [1.82, 2.24) is 0 Å². The first-order chi connectivity index (χ1) is 16.6. The molecular formula is C27H21NO5S. The molecule has 1 aromatic heterocycles. The number of thiophene rings is 1. The molecule has 2 heterocycles. The van der Waals surface area contributed by atoms with E-state index < -0.39 is 17.7 Å². The normalized spacial score (nSPS) is 17.4. The summed E-state index contributed by atoms with van der Waals surface area (Å²) in [6.45, 7) is 0. The van der Waals surface area contributed by atoms with Crippen LogP contribution in [0.4, 0.5) is 5.69 Å². The Kier molecular flexibility index (Phi) is 5.55. The summed E-state index contributed by atoms with van der Waals surface area (Å²) >= 11 is 1.41. The maximum Gasteiger partial charge on any atom is 0.300 e. The number of ether oxygens (including phenoxy) is 2. The van der Waals surface area contributed by atoms with Crippen molar-refractivity contribution in [2.24, 2.45) is 0 Å². The summed E-state index contributed by atoms with van der Waals surface area (Å²) in [6, 6.07) is 21.3. The fraction of sp³-hybridized carbons (Fsp3) is 0.111. The second-order valence-electron chi connectivity index (χ2n) is 7.72. The largest absolute Gasteiger partial charge is 0.506 e. The molecule has 0 bridgehead atoms. The highest BCUT2D eigenvalue weighted by atomic mass is 32.1. The Morgan fingerprint density at radius 1 is 0.882 bits per heavy atom. The number of carbonyl (C=O) groups excluding carboxylic acids is 2. The smallest absolute Gasteiger partial charge is 0.300 e. The van der Waals surface area contributed by atoms with Crippen LogP contribution in [0.1, 0.15) is 16.5 Å². The van der Waals surface area contributed by atoms with E-state index >= 15 is 0 Å². The van der Waals surface area contributed by atoms with Crippen LogP contribution in [0.5, 0.6) is 11.5 Å². The van der Waals surface area contributed by atoms with Gasteiger partial charge < -0.3 is 14.6 Å². The monoisotopic (exact) mass is 471 g/mol. The van der Waals surface area contributed by atoms with E-state index in [1.807, 2.05) is 60.0 Å². The van der Waals surface area contributed by atoms with Crippen LogP contribution >= 0.6 is 11.3 Å². The number of carbonyl (C=O) groups is 2. The summed E-state index contributed by atoms with van der Waals surface area (Å²) in [5.41, 5.74) is 0.817. The van der Waals surface area contributed by atoms with E-state index in [2.05, 4.69) is 0 Å². The molecule has 0 radical (unpaired) electrons. The molecule has 1 atom stereocenters. The van der Waals surface area contributed by atoms with Crippen molar-refractivity contribution < 1.29 is 24.2 Å². The molecule has 1 aliphatic rings. The molecule has 5 rings (SSSR count). The second-order valence-corrected chi connectivity index (χ2v) is 8.70. The average Bonchev–Trinajstić information content (AvgIpc) is 3.49. The summed E-state index contributed by atoms with van der Waals surface area (Å²) in [7, 11) is 2.94. The standard InChI is InChI=1S/C27H21NO5S/c1-32-19-12-6-13-20(33-2)22(19)25(29)23-24(21-14-7-15-34-21)28(27(31)26(23)30)18-11-5-9-16-8-3-4-10-17(16)18/h3-15,24,29H,1-2H3/b25-23+. The van der Waals surface area contributed by atoms with E-state index in [-0.39, 0.29) is 16.9 Å². The van der Waals surface area contributed by atoms with Gasteiger partial charge in [0.1, 0.15) is 28.9 Å². The van der Waals surface area contributed by atoms with E-state index in [0.717, 1.165) is 15.6 Å². The van der Waals surface area contributed by atoms with E-state index in [1.54, 1.807) is 18.2 Å². The van der Waals surface area contributed by atoms with Gasteiger partial charge in [-0.2, -0.15) is 0 Å². The van der Waals surface area contributed by atoms with Gasteiger partial charge in [0.15, 0.2) is 0 Å². The number of rotatable bonds is 5. The molecule has 6 nitrogen and oxygen atoms in total. The first-order valence-electron chi connectivity index (χ1n) is 10.6. The summed E-state index contributed by atoms with van der Waals surface area (Å²) in [6.07, 6.45) is 0. The zero-order valence-corrected chi connectivity index (χ0v) is 19.3. The average molecular weight is 472 g/mol. The first-order valence-corrected chi connectivity index (χ1v) is 11.5. The van der Waals surface area contributed by atoms with Gasteiger partial charge in [-0.3, -0.25) is 14.5 Å². The van der Waals surface area contributed by atoms with Crippen LogP contribution in [0.3, 0.4) is 0 Å². The lowest BCUT2D eigenvalue weighted by atomic mass is 9.98. The molecule has 1 aliphatic heterocycles. The molecule has 1 amide bonds. The van der Waals surface area contributed by atoms with E-state index in [0.29, 0.717) is 17.2 Å². The number of nitrogens with zero attached hydrogens (tertiary/aromatic N) is 1. The Labute approximate surface area is 200 Å². The number of anilines is 1. The molecule has 1 fully saturated rings. The van der Waals surface area contributed by atoms with Crippen LogP contribution in [0, 0.1) is 0 Å². The van der Waals surface area contributed by atoms with Crippen molar-refractivity contribution in [2.45, 2.75) is 6.04 Å². The van der Waals surface area contributed by atoms with E-state index in [1.165, 1.54) is 30.5 Å². The third-order valence-corrected chi connectivity index (χ3v) is 6.87. The Morgan fingerprint density at radius 3 is 2.24 bits per heavy atom. The zero-order chi connectivity index (χ0) is 23.8. The minimum absolute atomic E-state index is 0.0109. The fourth-order valence-electron chi connectivity index (χ4n) is 4.43. The summed E-state index contributed by atoms with van der Waals surface area (Å²) < 4.78 is 10.9. The molecule has 0 spiro atoms. The molecule has 7 heteroatoms. The molecule has 1 N–H and O–H groups in total. The van der Waals surface area contributed by atoms with Gasteiger partial charge in [-0.05, 0) is 35.0 Å². The number of benzene rings is 3. The van der Waals surface area contributed by atoms with Gasteiger partial charge in [-0.15, -0.1) is 11.3 Å². The molecule has 1 saturated heterocycles. The number of aliphatic hydroxyl groups is 1. The fourth-order valence-corrected chi connectivity index (χ4v) is 5.26. The minimum Gasteiger partial charge on any atom is -0.506 e. The highest BCUT2D eigenvalue weighted by molar-refractivity contribution is 7.10. The van der Waals surface area contributed by atoms with Crippen molar-refractivity contribution in [1.29, 1.82) is 0 Å². The van der Waals surface area contributed by atoms with Gasteiger partial charge in [0.25, 0.3) is 11.7 Å². The van der Waals surface area contributed by atoms with Crippen molar-refractivity contribution in [3.8, 4) is 11.5 Å². The highest BCUT2D eigenvalue weighted by Gasteiger charge is 2.48. The zero-order valence-electron chi connectivity index (χ0n) is 18.5. The van der Waals surface area contributed by atoms with Gasteiger partial charge in [-0.1, -0.05) is 48.5 Å². The van der Waals surface area contributed by atoms with Crippen LogP contribution in [0.15, 0.2) is 83.7 Å². The summed E-state index contributed by atoms with van der Waals surface area (Å²) in [5.74, 6) is -1.15. The van der Waals surface area contributed by atoms with Gasteiger partial charge in [0, 0.05) is 10.3 Å². The maximum atomic E-state index is 13.5. The van der Waals surface area contributed by atoms with Gasteiger partial charge in [0.05, 0.1) is 25.5 Å². The van der Waals surface area contributed by atoms with Crippen molar-refractivity contribution in [3.05, 3.63) is 94.2 Å². The predicted molar refractivity (Wildman–Crippen MR) is 133 cm³/mol. The molecule has 34 heavy (non-hydrogen) atoms. The number of ketones is 1. The maximum absolute atomic E-state index is 13.5. The number of fused-ring (bicyclic) bond motifs is 1.